The fourth-order valence-electron chi connectivity index (χ4n) is 4.22. The van der Waals surface area contributed by atoms with E-state index in [0.29, 0.717) is 17.6 Å². The van der Waals surface area contributed by atoms with Gasteiger partial charge >= 0.3 is 5.97 Å². The maximum atomic E-state index is 13.2. The number of esters is 1. The van der Waals surface area contributed by atoms with Crippen LogP contribution in [0.1, 0.15) is 32.6 Å². The van der Waals surface area contributed by atoms with E-state index in [1.165, 1.54) is 12.0 Å². The van der Waals surface area contributed by atoms with Crippen LogP contribution < -0.4 is 4.90 Å². The van der Waals surface area contributed by atoms with E-state index in [1.807, 2.05) is 60.7 Å². The minimum absolute atomic E-state index is 0.0277. The minimum atomic E-state index is -0.423. The summed E-state index contributed by atoms with van der Waals surface area (Å²) in [5.41, 5.74) is 6.44. The topological polar surface area (TPSA) is 63.7 Å². The standard InChI is InChI=1S/C28H24ClNO4/c1-30(26(32)17-29)22-11-8-18(9-12-22)14-24(19-6-4-3-5-7-19)27-23-13-10-20(28(33)34-2)15-21(23)16-25(27)31/h3-13,15H,14,16-17H2,1-2H3/b27-24+. The van der Waals surface area contributed by atoms with Crippen LogP contribution in [0, 0.1) is 0 Å². The van der Waals surface area contributed by atoms with Crippen LogP contribution in [0.4, 0.5) is 5.69 Å². The third kappa shape index (κ3) is 4.66. The van der Waals surface area contributed by atoms with Crippen LogP contribution in [-0.2, 0) is 27.2 Å². The van der Waals surface area contributed by atoms with E-state index in [9.17, 15) is 14.4 Å². The lowest BCUT2D eigenvalue weighted by atomic mass is 9.90. The van der Waals surface area contributed by atoms with E-state index in [2.05, 4.69) is 0 Å². The highest BCUT2D eigenvalue weighted by Gasteiger charge is 2.29. The molecule has 0 N–H and O–H groups in total. The SMILES string of the molecule is COC(=O)c1ccc2c(c1)CC(=O)/C2=C(\Cc1ccc(N(C)C(=O)CCl)cc1)c1ccccc1. The number of Topliss-reactive ketones (excluding diaryl/α,β-unsaturated/α-hetero) is 1. The van der Waals surface area contributed by atoms with Crippen molar-refractivity contribution < 1.29 is 19.1 Å². The average Bonchev–Trinajstić information content (AvgIpc) is 3.21. The first-order chi connectivity index (χ1) is 16.4. The summed E-state index contributed by atoms with van der Waals surface area (Å²) in [7, 11) is 3.03. The van der Waals surface area contributed by atoms with Crippen molar-refractivity contribution in [3.05, 3.63) is 101 Å². The van der Waals surface area contributed by atoms with Gasteiger partial charge in [0.2, 0.25) is 5.91 Å². The molecule has 0 radical (unpaired) electrons. The van der Waals surface area contributed by atoms with E-state index in [1.54, 1.807) is 19.2 Å². The van der Waals surface area contributed by atoms with Crippen molar-refractivity contribution >= 4 is 46.1 Å². The number of hydrogen-bond acceptors (Lipinski definition) is 4. The van der Waals surface area contributed by atoms with E-state index < -0.39 is 5.97 Å². The quantitative estimate of drug-likeness (QED) is 0.288. The normalized spacial score (nSPS) is 13.9. The molecule has 0 saturated carbocycles. The van der Waals surface area contributed by atoms with E-state index in [-0.39, 0.29) is 24.0 Å². The van der Waals surface area contributed by atoms with Gasteiger partial charge in [0.05, 0.1) is 12.7 Å². The number of ketones is 1. The van der Waals surface area contributed by atoms with Crippen molar-refractivity contribution in [3.63, 3.8) is 0 Å². The van der Waals surface area contributed by atoms with Crippen LogP contribution >= 0.6 is 11.6 Å². The average molecular weight is 474 g/mol. The number of anilines is 1. The van der Waals surface area contributed by atoms with Gasteiger partial charge in [-0.2, -0.15) is 0 Å². The Morgan fingerprint density at radius 3 is 2.32 bits per heavy atom. The molecule has 1 aliphatic rings. The van der Waals surface area contributed by atoms with Gasteiger partial charge in [-0.25, -0.2) is 4.79 Å². The van der Waals surface area contributed by atoms with Crippen LogP contribution in [0.15, 0.2) is 72.8 Å². The largest absolute Gasteiger partial charge is 0.465 e. The Morgan fingerprint density at radius 2 is 1.68 bits per heavy atom. The number of fused-ring (bicyclic) bond motifs is 1. The van der Waals surface area contributed by atoms with Crippen LogP contribution in [0.3, 0.4) is 0 Å². The molecule has 0 spiro atoms. The van der Waals surface area contributed by atoms with Gasteiger partial charge in [-0.3, -0.25) is 9.59 Å². The third-order valence-electron chi connectivity index (χ3n) is 6.04. The highest BCUT2D eigenvalue weighted by atomic mass is 35.5. The van der Waals surface area contributed by atoms with Gasteiger partial charge in [-0.1, -0.05) is 48.5 Å². The van der Waals surface area contributed by atoms with Crippen LogP contribution in [0.25, 0.3) is 11.1 Å². The summed E-state index contributed by atoms with van der Waals surface area (Å²) in [5.74, 6) is -0.656. The molecule has 3 aromatic carbocycles. The van der Waals surface area contributed by atoms with Crippen molar-refractivity contribution in [1.29, 1.82) is 0 Å². The fraction of sp³-hybridized carbons (Fsp3) is 0.179. The van der Waals surface area contributed by atoms with Gasteiger partial charge in [-0.15, -0.1) is 11.6 Å². The number of carbonyl (C=O) groups excluding carboxylic acids is 3. The first-order valence-corrected chi connectivity index (χ1v) is 11.4. The van der Waals surface area contributed by atoms with Crippen molar-refractivity contribution in [3.8, 4) is 0 Å². The Balaban J connectivity index is 1.76. The lowest BCUT2D eigenvalue weighted by Gasteiger charge is -2.17. The third-order valence-corrected chi connectivity index (χ3v) is 6.27. The second kappa shape index (κ2) is 10.1. The smallest absolute Gasteiger partial charge is 0.337 e. The minimum Gasteiger partial charge on any atom is -0.465 e. The number of carbonyl (C=O) groups is 3. The second-order valence-corrected chi connectivity index (χ2v) is 8.38. The number of rotatable bonds is 6. The number of benzene rings is 3. The number of hydrogen-bond donors (Lipinski definition) is 0. The Hall–Kier alpha value is -3.70. The highest BCUT2D eigenvalue weighted by Crippen LogP contribution is 2.38. The molecule has 1 aliphatic carbocycles. The van der Waals surface area contributed by atoms with Crippen molar-refractivity contribution in [1.82, 2.24) is 0 Å². The van der Waals surface area contributed by atoms with Crippen LogP contribution in [0.2, 0.25) is 0 Å². The molecule has 172 valence electrons. The first-order valence-electron chi connectivity index (χ1n) is 10.9. The lowest BCUT2D eigenvalue weighted by molar-refractivity contribution is -0.116. The molecule has 0 aliphatic heterocycles. The Morgan fingerprint density at radius 1 is 0.971 bits per heavy atom. The van der Waals surface area contributed by atoms with Crippen LogP contribution in [-0.4, -0.2) is 37.7 Å². The van der Waals surface area contributed by atoms with Gasteiger partial charge in [0.25, 0.3) is 0 Å². The highest BCUT2D eigenvalue weighted by molar-refractivity contribution is 6.32. The molecule has 0 unspecified atom stereocenters. The van der Waals surface area contributed by atoms with Gasteiger partial charge in [0.1, 0.15) is 5.88 Å². The monoisotopic (exact) mass is 473 g/mol. The van der Waals surface area contributed by atoms with E-state index in [4.69, 9.17) is 16.3 Å². The Labute approximate surface area is 203 Å². The predicted octanol–water partition coefficient (Wildman–Crippen LogP) is 4.95. The molecule has 0 saturated heterocycles. The van der Waals surface area contributed by atoms with Gasteiger partial charge in [0, 0.05) is 24.7 Å². The number of amides is 1. The molecule has 0 aromatic heterocycles. The van der Waals surface area contributed by atoms with E-state index in [0.717, 1.165) is 33.5 Å². The summed E-state index contributed by atoms with van der Waals surface area (Å²) in [5, 5.41) is 0. The summed E-state index contributed by atoms with van der Waals surface area (Å²) in [6.07, 6.45) is 0.785. The number of alkyl halides is 1. The number of nitrogens with zero attached hydrogens (tertiary/aromatic N) is 1. The summed E-state index contributed by atoms with van der Waals surface area (Å²) < 4.78 is 4.83. The van der Waals surface area contributed by atoms with Crippen molar-refractivity contribution in [2.24, 2.45) is 0 Å². The molecule has 0 bridgehead atoms. The number of halogens is 1. The lowest BCUT2D eigenvalue weighted by Crippen LogP contribution is -2.27. The molecule has 0 fully saturated rings. The summed E-state index contributed by atoms with van der Waals surface area (Å²) in [4.78, 5) is 38.6. The molecule has 0 heterocycles. The first kappa shape index (κ1) is 23.5. The maximum absolute atomic E-state index is 13.2. The van der Waals surface area contributed by atoms with Crippen LogP contribution in [0.5, 0.6) is 0 Å². The molecule has 4 rings (SSSR count). The summed E-state index contributed by atoms with van der Waals surface area (Å²) >= 11 is 5.67. The van der Waals surface area contributed by atoms with E-state index >= 15 is 0 Å². The molecule has 1 amide bonds. The number of methoxy groups -OCH3 is 1. The number of allylic oxidation sites excluding steroid dienone is 2. The summed E-state index contributed by atoms with van der Waals surface area (Å²) in [6, 6.07) is 22.8. The van der Waals surface area contributed by atoms with Gasteiger partial charge in [0.15, 0.2) is 5.78 Å². The fourth-order valence-corrected chi connectivity index (χ4v) is 4.40. The van der Waals surface area contributed by atoms with Crippen molar-refractivity contribution in [2.45, 2.75) is 12.8 Å². The molecule has 6 heteroatoms. The Kier molecular flexibility index (Phi) is 6.94. The Bertz CT molecular complexity index is 1280. The zero-order valence-corrected chi connectivity index (χ0v) is 19.8. The van der Waals surface area contributed by atoms with Crippen molar-refractivity contribution in [2.75, 3.05) is 24.9 Å². The molecular formula is C28H24ClNO4. The molecule has 5 nitrogen and oxygen atoms in total. The molecule has 3 aromatic rings. The second-order valence-electron chi connectivity index (χ2n) is 8.11. The molecule has 34 heavy (non-hydrogen) atoms. The van der Waals surface area contributed by atoms with Gasteiger partial charge in [-0.05, 0) is 58.5 Å². The zero-order chi connectivity index (χ0) is 24.2. The number of ether oxygens (including phenoxy) is 1. The maximum Gasteiger partial charge on any atom is 0.337 e. The molecular weight excluding hydrogens is 450 g/mol. The summed E-state index contributed by atoms with van der Waals surface area (Å²) in [6.45, 7) is 0. The molecule has 0 atom stereocenters. The predicted molar refractivity (Wildman–Crippen MR) is 134 cm³/mol. The zero-order valence-electron chi connectivity index (χ0n) is 19.0. The van der Waals surface area contributed by atoms with Gasteiger partial charge < -0.3 is 9.64 Å².